The van der Waals surface area contributed by atoms with Crippen molar-refractivity contribution in [3.05, 3.63) is 70.5 Å². The van der Waals surface area contributed by atoms with Gasteiger partial charge in [-0.15, -0.1) is 0 Å². The van der Waals surface area contributed by atoms with Crippen molar-refractivity contribution in [1.29, 1.82) is 0 Å². The molecule has 3 rings (SSSR count). The van der Waals surface area contributed by atoms with Crippen LogP contribution < -0.4 is 5.32 Å². The van der Waals surface area contributed by atoms with Crippen LogP contribution in [0.4, 0.5) is 8.78 Å². The van der Waals surface area contributed by atoms with Crippen molar-refractivity contribution in [2.24, 2.45) is 0 Å². The number of carbonyl (C=O) groups excluding carboxylic acids is 1. The molecule has 0 saturated carbocycles. The fraction of sp³-hybridized carbons (Fsp3) is 0.250. The Hall–Kier alpha value is -2.80. The van der Waals surface area contributed by atoms with Gasteiger partial charge in [0.2, 0.25) is 5.91 Å². The minimum absolute atomic E-state index is 0.00624. The van der Waals surface area contributed by atoms with Crippen molar-refractivity contribution in [2.45, 2.75) is 32.9 Å². The lowest BCUT2D eigenvalue weighted by Gasteiger charge is -2.18. The van der Waals surface area contributed by atoms with E-state index in [1.54, 1.807) is 29.8 Å². The topological polar surface area (TPSA) is 59.8 Å². The van der Waals surface area contributed by atoms with E-state index in [9.17, 15) is 13.6 Å². The van der Waals surface area contributed by atoms with E-state index in [2.05, 4.69) is 15.4 Å². The first kappa shape index (κ1) is 19.9. The molecule has 1 amide bonds. The number of hydrogen-bond acceptors (Lipinski definition) is 3. The SMILES string of the molecule is CCC(=O)NC(c1cccc(F)c1)c1nc(-c2ccc(Cl)c(F)c2)nn1CC. The Kier molecular flexibility index (Phi) is 6.04. The summed E-state index contributed by atoms with van der Waals surface area (Å²) >= 11 is 5.75. The van der Waals surface area contributed by atoms with E-state index in [4.69, 9.17) is 11.6 Å². The fourth-order valence-electron chi connectivity index (χ4n) is 2.80. The van der Waals surface area contributed by atoms with Gasteiger partial charge in [0.25, 0.3) is 0 Å². The first-order valence-electron chi connectivity index (χ1n) is 8.87. The van der Waals surface area contributed by atoms with Crippen LogP contribution in [0.5, 0.6) is 0 Å². The molecule has 146 valence electrons. The van der Waals surface area contributed by atoms with E-state index < -0.39 is 17.7 Å². The molecule has 0 bridgehead atoms. The number of benzene rings is 2. The number of hydrogen-bond donors (Lipinski definition) is 1. The van der Waals surface area contributed by atoms with Crippen LogP contribution in [0.25, 0.3) is 11.4 Å². The lowest BCUT2D eigenvalue weighted by atomic mass is 10.1. The summed E-state index contributed by atoms with van der Waals surface area (Å²) in [4.78, 5) is 16.6. The Bertz CT molecular complexity index is 1010. The highest BCUT2D eigenvalue weighted by Crippen LogP contribution is 2.26. The van der Waals surface area contributed by atoms with Gasteiger partial charge in [-0.2, -0.15) is 5.10 Å². The zero-order valence-corrected chi connectivity index (χ0v) is 16.2. The van der Waals surface area contributed by atoms with Crippen molar-refractivity contribution in [3.8, 4) is 11.4 Å². The van der Waals surface area contributed by atoms with Gasteiger partial charge in [-0.1, -0.05) is 30.7 Å². The Morgan fingerprint density at radius 1 is 1.21 bits per heavy atom. The third-order valence-electron chi connectivity index (χ3n) is 4.24. The van der Waals surface area contributed by atoms with Gasteiger partial charge in [-0.05, 0) is 42.8 Å². The van der Waals surface area contributed by atoms with Crippen LogP contribution in [0.3, 0.4) is 0 Å². The van der Waals surface area contributed by atoms with Gasteiger partial charge in [-0.25, -0.2) is 18.4 Å². The smallest absolute Gasteiger partial charge is 0.220 e. The zero-order chi connectivity index (χ0) is 20.3. The monoisotopic (exact) mass is 404 g/mol. The molecule has 0 aliphatic heterocycles. The van der Waals surface area contributed by atoms with Gasteiger partial charge < -0.3 is 5.32 Å². The van der Waals surface area contributed by atoms with Crippen LogP contribution in [0.15, 0.2) is 42.5 Å². The van der Waals surface area contributed by atoms with E-state index >= 15 is 0 Å². The molecular weight excluding hydrogens is 386 g/mol. The minimum Gasteiger partial charge on any atom is -0.342 e. The average molecular weight is 405 g/mol. The molecule has 5 nitrogen and oxygen atoms in total. The first-order chi connectivity index (χ1) is 13.4. The number of halogens is 3. The van der Waals surface area contributed by atoms with Gasteiger partial charge >= 0.3 is 0 Å². The van der Waals surface area contributed by atoms with Crippen molar-refractivity contribution < 1.29 is 13.6 Å². The zero-order valence-electron chi connectivity index (χ0n) is 15.4. The van der Waals surface area contributed by atoms with E-state index in [0.29, 0.717) is 29.3 Å². The molecule has 1 atom stereocenters. The number of aryl methyl sites for hydroxylation is 1. The third kappa shape index (κ3) is 4.20. The number of carbonyl (C=O) groups is 1. The summed E-state index contributed by atoms with van der Waals surface area (Å²) < 4.78 is 29.2. The van der Waals surface area contributed by atoms with Gasteiger partial charge in [0.1, 0.15) is 17.7 Å². The Morgan fingerprint density at radius 3 is 2.64 bits per heavy atom. The van der Waals surface area contributed by atoms with Crippen LogP contribution in [0.2, 0.25) is 5.02 Å². The fourth-order valence-corrected chi connectivity index (χ4v) is 2.92. The molecule has 0 radical (unpaired) electrons. The van der Waals surface area contributed by atoms with Gasteiger partial charge in [0.05, 0.1) is 5.02 Å². The molecule has 2 aromatic carbocycles. The predicted molar refractivity (Wildman–Crippen MR) is 103 cm³/mol. The molecule has 0 spiro atoms. The molecule has 28 heavy (non-hydrogen) atoms. The summed E-state index contributed by atoms with van der Waals surface area (Å²) in [5.41, 5.74) is 0.993. The van der Waals surface area contributed by atoms with Crippen LogP contribution in [0, 0.1) is 11.6 Å². The minimum atomic E-state index is -0.693. The standard InChI is InChI=1S/C20H19ClF2N4O/c1-3-17(28)24-18(12-6-5-7-14(22)10-12)20-25-19(26-27(20)4-2)13-8-9-15(21)16(23)11-13/h5-11,18H,3-4H2,1-2H3,(H,24,28). The largest absolute Gasteiger partial charge is 0.342 e. The molecule has 1 unspecified atom stereocenters. The molecule has 0 saturated heterocycles. The van der Waals surface area contributed by atoms with Crippen molar-refractivity contribution in [3.63, 3.8) is 0 Å². The van der Waals surface area contributed by atoms with Crippen molar-refractivity contribution >= 4 is 17.5 Å². The molecule has 0 fully saturated rings. The van der Waals surface area contributed by atoms with Gasteiger partial charge in [0, 0.05) is 18.5 Å². The molecule has 1 N–H and O–H groups in total. The number of rotatable bonds is 6. The normalized spacial score (nSPS) is 12.0. The predicted octanol–water partition coefficient (Wildman–Crippen LogP) is 4.51. The molecule has 0 aliphatic rings. The number of nitrogens with one attached hydrogen (secondary N) is 1. The van der Waals surface area contributed by atoms with Gasteiger partial charge in [-0.3, -0.25) is 4.79 Å². The highest BCUT2D eigenvalue weighted by atomic mass is 35.5. The quantitative estimate of drug-likeness (QED) is 0.657. The van der Waals surface area contributed by atoms with E-state index in [0.717, 1.165) is 0 Å². The molecule has 3 aromatic rings. The summed E-state index contributed by atoms with van der Waals surface area (Å²) in [7, 11) is 0. The lowest BCUT2D eigenvalue weighted by molar-refractivity contribution is -0.121. The summed E-state index contributed by atoms with van der Waals surface area (Å²) in [6, 6.07) is 9.56. The number of nitrogens with zero attached hydrogens (tertiary/aromatic N) is 3. The molecule has 0 aliphatic carbocycles. The summed E-state index contributed by atoms with van der Waals surface area (Å²) in [5, 5.41) is 7.29. The summed E-state index contributed by atoms with van der Waals surface area (Å²) in [5.74, 6) is -0.482. The van der Waals surface area contributed by atoms with Gasteiger partial charge in [0.15, 0.2) is 11.6 Å². The van der Waals surface area contributed by atoms with Crippen LogP contribution in [-0.4, -0.2) is 20.7 Å². The van der Waals surface area contributed by atoms with Crippen LogP contribution in [-0.2, 0) is 11.3 Å². The Balaban J connectivity index is 2.09. The maximum absolute atomic E-state index is 13.8. The Labute approximate surface area is 166 Å². The Morgan fingerprint density at radius 2 is 2.00 bits per heavy atom. The van der Waals surface area contributed by atoms with Crippen LogP contribution in [0.1, 0.15) is 37.7 Å². The van der Waals surface area contributed by atoms with E-state index in [1.165, 1.54) is 24.3 Å². The molecule has 1 aromatic heterocycles. The maximum atomic E-state index is 13.8. The molecular formula is C20H19ClF2N4O. The van der Waals surface area contributed by atoms with Crippen LogP contribution >= 0.6 is 11.6 Å². The number of aromatic nitrogens is 3. The second-order valence-corrected chi connectivity index (χ2v) is 6.55. The summed E-state index contributed by atoms with van der Waals surface area (Å²) in [6.45, 7) is 4.06. The second-order valence-electron chi connectivity index (χ2n) is 6.15. The highest BCUT2D eigenvalue weighted by molar-refractivity contribution is 6.30. The summed E-state index contributed by atoms with van der Waals surface area (Å²) in [6.07, 6.45) is 0.265. The van der Waals surface area contributed by atoms with E-state index in [1.807, 2.05) is 6.92 Å². The second kappa shape index (κ2) is 8.48. The van der Waals surface area contributed by atoms with Crippen molar-refractivity contribution in [2.75, 3.05) is 0 Å². The van der Waals surface area contributed by atoms with Crippen molar-refractivity contribution in [1.82, 2.24) is 20.1 Å². The number of amides is 1. The molecule has 8 heteroatoms. The van der Waals surface area contributed by atoms with E-state index in [-0.39, 0.29) is 17.4 Å². The lowest BCUT2D eigenvalue weighted by Crippen LogP contribution is -2.31. The maximum Gasteiger partial charge on any atom is 0.220 e. The highest BCUT2D eigenvalue weighted by Gasteiger charge is 2.24. The third-order valence-corrected chi connectivity index (χ3v) is 4.55. The average Bonchev–Trinajstić information content (AvgIpc) is 3.12. The first-order valence-corrected chi connectivity index (χ1v) is 9.25. The molecule has 1 heterocycles.